The highest BCUT2D eigenvalue weighted by molar-refractivity contribution is 7.15. The number of aryl methyl sites for hydroxylation is 2. The Bertz CT molecular complexity index is 485. The Morgan fingerprint density at radius 1 is 1.55 bits per heavy atom. The Hall–Kier alpha value is -0.980. The Labute approximate surface area is 124 Å². The molecule has 0 aromatic carbocycles. The van der Waals surface area contributed by atoms with Crippen molar-refractivity contribution in [1.82, 2.24) is 9.88 Å². The van der Waals surface area contributed by atoms with Crippen molar-refractivity contribution >= 4 is 22.4 Å². The van der Waals surface area contributed by atoms with Gasteiger partial charge < -0.3 is 10.1 Å². The number of carbonyl (C=O) groups is 1. The van der Waals surface area contributed by atoms with Gasteiger partial charge in [-0.25, -0.2) is 4.98 Å². The number of nitrogens with one attached hydrogen (secondary N) is 1. The number of thiazole rings is 1. The van der Waals surface area contributed by atoms with Crippen molar-refractivity contribution in [2.24, 2.45) is 0 Å². The summed E-state index contributed by atoms with van der Waals surface area (Å²) in [4.78, 5) is 19.8. The average molecular weight is 297 g/mol. The Morgan fingerprint density at radius 2 is 2.30 bits per heavy atom. The van der Waals surface area contributed by atoms with Gasteiger partial charge in [-0.2, -0.15) is 0 Å². The van der Waals surface area contributed by atoms with E-state index in [0.717, 1.165) is 25.2 Å². The van der Waals surface area contributed by atoms with E-state index < -0.39 is 0 Å². The molecule has 2 heterocycles. The zero-order valence-electron chi connectivity index (χ0n) is 12.7. The highest BCUT2D eigenvalue weighted by atomic mass is 32.1. The summed E-state index contributed by atoms with van der Waals surface area (Å²) in [6.45, 7) is 10.9. The van der Waals surface area contributed by atoms with E-state index in [2.05, 4.69) is 36.0 Å². The van der Waals surface area contributed by atoms with E-state index >= 15 is 0 Å². The van der Waals surface area contributed by atoms with Crippen molar-refractivity contribution in [3.63, 3.8) is 0 Å². The highest BCUT2D eigenvalue weighted by Gasteiger charge is 2.28. The van der Waals surface area contributed by atoms with E-state index in [1.165, 1.54) is 4.88 Å². The largest absolute Gasteiger partial charge is 0.373 e. The molecule has 112 valence electrons. The van der Waals surface area contributed by atoms with Crippen LogP contribution in [0, 0.1) is 6.92 Å². The van der Waals surface area contributed by atoms with E-state index in [0.29, 0.717) is 18.3 Å². The molecule has 0 unspecified atom stereocenters. The van der Waals surface area contributed by atoms with Crippen LogP contribution in [0.25, 0.3) is 0 Å². The first kappa shape index (κ1) is 15.4. The van der Waals surface area contributed by atoms with Crippen LogP contribution in [0.3, 0.4) is 0 Å². The number of morpholine rings is 1. The molecule has 1 aliphatic heterocycles. The molecular formula is C14H23N3O2S. The predicted octanol–water partition coefficient (Wildman–Crippen LogP) is 2.06. The molecule has 0 aliphatic carbocycles. The Morgan fingerprint density at radius 3 is 2.90 bits per heavy atom. The molecular weight excluding hydrogens is 274 g/mol. The van der Waals surface area contributed by atoms with Gasteiger partial charge in [0.1, 0.15) is 0 Å². The highest BCUT2D eigenvalue weighted by Crippen LogP contribution is 2.22. The van der Waals surface area contributed by atoms with Gasteiger partial charge in [-0.15, -0.1) is 11.3 Å². The fourth-order valence-electron chi connectivity index (χ4n) is 2.42. The lowest BCUT2D eigenvalue weighted by Crippen LogP contribution is -2.50. The number of anilines is 1. The lowest BCUT2D eigenvalue weighted by Gasteiger charge is -2.37. The molecule has 2 rings (SSSR count). The first-order valence-corrected chi connectivity index (χ1v) is 7.84. The lowest BCUT2D eigenvalue weighted by atomic mass is 10.1. The number of nitrogens with zero attached hydrogens (tertiary/aromatic N) is 2. The molecule has 6 heteroatoms. The normalized spacial score (nSPS) is 19.0. The molecule has 0 bridgehead atoms. The van der Waals surface area contributed by atoms with E-state index in [1.54, 1.807) is 11.3 Å². The summed E-state index contributed by atoms with van der Waals surface area (Å²) in [7, 11) is 0. The zero-order chi connectivity index (χ0) is 14.8. The van der Waals surface area contributed by atoms with Crippen LogP contribution >= 0.6 is 11.3 Å². The summed E-state index contributed by atoms with van der Waals surface area (Å²) >= 11 is 1.54. The van der Waals surface area contributed by atoms with Crippen molar-refractivity contribution in [2.45, 2.75) is 39.7 Å². The molecule has 5 nitrogen and oxygen atoms in total. The molecule has 1 aromatic rings. The first-order chi connectivity index (χ1) is 9.39. The Kier molecular flexibility index (Phi) is 4.78. The van der Waals surface area contributed by atoms with E-state index in [-0.39, 0.29) is 11.5 Å². The summed E-state index contributed by atoms with van der Waals surface area (Å²) < 4.78 is 5.65. The van der Waals surface area contributed by atoms with Crippen molar-refractivity contribution < 1.29 is 9.53 Å². The second-order valence-electron chi connectivity index (χ2n) is 5.74. The molecule has 1 aromatic heterocycles. The number of hydrogen-bond donors (Lipinski definition) is 1. The molecule has 0 spiro atoms. The molecule has 1 N–H and O–H groups in total. The van der Waals surface area contributed by atoms with Gasteiger partial charge in [0.15, 0.2) is 5.13 Å². The number of aromatic nitrogens is 1. The molecule has 1 saturated heterocycles. The fraction of sp³-hybridized carbons (Fsp3) is 0.714. The number of amides is 1. The maximum Gasteiger partial charge on any atom is 0.240 e. The second-order valence-corrected chi connectivity index (χ2v) is 6.95. The van der Waals surface area contributed by atoms with Gasteiger partial charge in [-0.1, -0.05) is 6.92 Å². The number of carbonyl (C=O) groups excluding carboxylic acids is 1. The standard InChI is InChI=1S/C14H23N3O2S/c1-5-11-10(2)20-13(15-11)16-12(18)8-17-6-7-19-14(3,4)9-17/h5-9H2,1-4H3,(H,15,16,18). The molecule has 1 fully saturated rings. The second kappa shape index (κ2) is 6.20. The average Bonchev–Trinajstić information content (AvgIpc) is 2.67. The molecule has 1 amide bonds. The van der Waals surface area contributed by atoms with Crippen LogP contribution in [0.15, 0.2) is 0 Å². The van der Waals surface area contributed by atoms with Gasteiger partial charge in [0.25, 0.3) is 0 Å². The van der Waals surface area contributed by atoms with Crippen LogP contribution in [0.1, 0.15) is 31.3 Å². The van der Waals surface area contributed by atoms with Crippen molar-refractivity contribution in [1.29, 1.82) is 0 Å². The maximum atomic E-state index is 12.1. The monoisotopic (exact) mass is 297 g/mol. The molecule has 20 heavy (non-hydrogen) atoms. The summed E-state index contributed by atoms with van der Waals surface area (Å²) in [6.07, 6.45) is 0.899. The van der Waals surface area contributed by atoms with Crippen molar-refractivity contribution in [3.05, 3.63) is 10.6 Å². The van der Waals surface area contributed by atoms with E-state index in [4.69, 9.17) is 4.74 Å². The van der Waals surface area contributed by atoms with Gasteiger partial charge in [0, 0.05) is 18.0 Å². The summed E-state index contributed by atoms with van der Waals surface area (Å²) in [6, 6.07) is 0. The summed E-state index contributed by atoms with van der Waals surface area (Å²) in [5.74, 6) is -0.000830. The quantitative estimate of drug-likeness (QED) is 0.924. The number of hydrogen-bond acceptors (Lipinski definition) is 5. The van der Waals surface area contributed by atoms with Gasteiger partial charge >= 0.3 is 0 Å². The Balaban J connectivity index is 1.88. The fourth-order valence-corrected chi connectivity index (χ4v) is 3.34. The van der Waals surface area contributed by atoms with Crippen LogP contribution in [0.4, 0.5) is 5.13 Å². The third kappa shape index (κ3) is 4.01. The molecule has 0 radical (unpaired) electrons. The SMILES string of the molecule is CCc1nc(NC(=O)CN2CCOC(C)(C)C2)sc1C. The van der Waals surface area contributed by atoms with Crippen LogP contribution < -0.4 is 5.32 Å². The van der Waals surface area contributed by atoms with Gasteiger partial charge in [-0.05, 0) is 27.2 Å². The minimum Gasteiger partial charge on any atom is -0.373 e. The van der Waals surface area contributed by atoms with Crippen LogP contribution in [-0.4, -0.2) is 47.6 Å². The summed E-state index contributed by atoms with van der Waals surface area (Å²) in [5, 5.41) is 3.60. The third-order valence-electron chi connectivity index (χ3n) is 3.35. The minimum absolute atomic E-state index is 0.000830. The van der Waals surface area contributed by atoms with Crippen molar-refractivity contribution in [3.8, 4) is 0 Å². The molecule has 0 saturated carbocycles. The van der Waals surface area contributed by atoms with Crippen molar-refractivity contribution in [2.75, 3.05) is 31.6 Å². The number of ether oxygens (including phenoxy) is 1. The van der Waals surface area contributed by atoms with E-state index in [9.17, 15) is 4.79 Å². The first-order valence-electron chi connectivity index (χ1n) is 7.02. The van der Waals surface area contributed by atoms with Gasteiger partial charge in [-0.3, -0.25) is 9.69 Å². The van der Waals surface area contributed by atoms with Crippen LogP contribution in [0.5, 0.6) is 0 Å². The maximum absolute atomic E-state index is 12.1. The molecule has 1 aliphatic rings. The van der Waals surface area contributed by atoms with E-state index in [1.807, 2.05) is 6.92 Å². The molecule has 0 atom stereocenters. The predicted molar refractivity (Wildman–Crippen MR) is 81.3 cm³/mol. The third-order valence-corrected chi connectivity index (χ3v) is 4.27. The smallest absolute Gasteiger partial charge is 0.240 e. The van der Waals surface area contributed by atoms with Gasteiger partial charge in [0.2, 0.25) is 5.91 Å². The van der Waals surface area contributed by atoms with Crippen LogP contribution in [0.2, 0.25) is 0 Å². The van der Waals surface area contributed by atoms with Gasteiger partial charge in [0.05, 0.1) is 24.4 Å². The number of rotatable bonds is 4. The minimum atomic E-state index is -0.175. The topological polar surface area (TPSA) is 54.5 Å². The lowest BCUT2D eigenvalue weighted by molar-refractivity contribution is -0.122. The summed E-state index contributed by atoms with van der Waals surface area (Å²) in [5.41, 5.74) is 0.892. The zero-order valence-corrected chi connectivity index (χ0v) is 13.5. The van der Waals surface area contributed by atoms with Crippen LogP contribution in [-0.2, 0) is 16.0 Å².